The van der Waals surface area contributed by atoms with Crippen molar-refractivity contribution in [2.75, 3.05) is 5.32 Å². The maximum absolute atomic E-state index is 11.8. The molecule has 25 heavy (non-hydrogen) atoms. The number of nitrogens with one attached hydrogen (secondary N) is 1. The van der Waals surface area contributed by atoms with Crippen LogP contribution in [0.1, 0.15) is 33.1 Å². The van der Waals surface area contributed by atoms with E-state index in [-0.39, 0.29) is 12.0 Å². The third-order valence-electron chi connectivity index (χ3n) is 4.28. The van der Waals surface area contributed by atoms with Gasteiger partial charge in [0.15, 0.2) is 0 Å². The predicted molar refractivity (Wildman–Crippen MR) is 95.8 cm³/mol. The van der Waals surface area contributed by atoms with Gasteiger partial charge in [-0.3, -0.25) is 4.79 Å². The molecule has 0 aromatic carbocycles. The molecule has 3 N–H and O–H groups in total. The van der Waals surface area contributed by atoms with Crippen LogP contribution in [-0.4, -0.2) is 23.0 Å². The van der Waals surface area contributed by atoms with Crippen molar-refractivity contribution in [3.05, 3.63) is 53.6 Å². The van der Waals surface area contributed by atoms with Gasteiger partial charge in [-0.2, -0.15) is 0 Å². The third-order valence-corrected chi connectivity index (χ3v) is 4.28. The van der Waals surface area contributed by atoms with E-state index in [2.05, 4.69) is 17.2 Å². The van der Waals surface area contributed by atoms with Crippen molar-refractivity contribution < 1.29 is 14.3 Å². The number of ether oxygens (including phenoxy) is 2. The van der Waals surface area contributed by atoms with Gasteiger partial charge in [-0.15, -0.1) is 0 Å². The molecule has 6 nitrogen and oxygen atoms in total. The lowest BCUT2D eigenvalue weighted by Crippen LogP contribution is -2.34. The first-order chi connectivity index (χ1) is 12.1. The number of nitrogens with zero attached hydrogens (tertiary/aromatic N) is 1. The molecule has 0 bridgehead atoms. The molecule has 1 amide bonds. The lowest BCUT2D eigenvalue weighted by atomic mass is 9.94. The van der Waals surface area contributed by atoms with Crippen LogP contribution in [0.2, 0.25) is 0 Å². The number of aromatic nitrogens is 1. The predicted octanol–water partition coefficient (Wildman–Crippen LogP) is 3.04. The van der Waals surface area contributed by atoms with Gasteiger partial charge in [-0.1, -0.05) is 19.9 Å². The first-order valence-corrected chi connectivity index (χ1v) is 8.58. The molecule has 0 saturated carbocycles. The lowest BCUT2D eigenvalue weighted by Gasteiger charge is -2.18. The van der Waals surface area contributed by atoms with E-state index in [1.807, 2.05) is 25.3 Å². The molecule has 6 heteroatoms. The van der Waals surface area contributed by atoms with Crippen LogP contribution in [0, 0.1) is 0 Å². The number of anilines is 1. The molecule has 1 aliphatic carbocycles. The normalized spacial score (nSPS) is 19.8. The minimum atomic E-state index is -0.520. The van der Waals surface area contributed by atoms with Crippen LogP contribution in [0.4, 0.5) is 5.69 Å². The van der Waals surface area contributed by atoms with Crippen molar-refractivity contribution in [1.29, 1.82) is 0 Å². The topological polar surface area (TPSA) is 86.5 Å². The summed E-state index contributed by atoms with van der Waals surface area (Å²) >= 11 is 0. The standard InChI is InChI=1S/C19H23N3O3/c1-3-14(20)19(23)22-13-8-9-17(21-10-13)25-16-7-5-6-12-11-24-15(4-2)18(12)16/h5,7-11,14-15H,3-4,6,20H2,1-2H3,(H,22,23)/t14-,15?/m1/s1. The van der Waals surface area contributed by atoms with Gasteiger partial charge < -0.3 is 20.5 Å². The second-order valence-electron chi connectivity index (χ2n) is 6.05. The Morgan fingerprint density at radius 2 is 2.32 bits per heavy atom. The minimum absolute atomic E-state index is 0.0315. The van der Waals surface area contributed by atoms with Gasteiger partial charge in [0, 0.05) is 17.2 Å². The number of hydrogen-bond donors (Lipinski definition) is 2. The van der Waals surface area contributed by atoms with Crippen LogP contribution in [0.15, 0.2) is 53.6 Å². The summed E-state index contributed by atoms with van der Waals surface area (Å²) in [5.41, 5.74) is 8.55. The zero-order chi connectivity index (χ0) is 17.8. The van der Waals surface area contributed by atoms with Crippen LogP contribution in [0.5, 0.6) is 5.88 Å². The van der Waals surface area contributed by atoms with Crippen LogP contribution in [0.25, 0.3) is 0 Å². The van der Waals surface area contributed by atoms with Crippen molar-refractivity contribution in [3.63, 3.8) is 0 Å². The average molecular weight is 341 g/mol. The Morgan fingerprint density at radius 1 is 1.48 bits per heavy atom. The van der Waals surface area contributed by atoms with E-state index in [1.165, 1.54) is 0 Å². The number of nitrogens with two attached hydrogens (primary N) is 1. The largest absolute Gasteiger partial charge is 0.493 e. The average Bonchev–Trinajstić information content (AvgIpc) is 3.07. The highest BCUT2D eigenvalue weighted by atomic mass is 16.5. The summed E-state index contributed by atoms with van der Waals surface area (Å²) in [4.78, 5) is 16.1. The van der Waals surface area contributed by atoms with Gasteiger partial charge in [-0.05, 0) is 31.4 Å². The van der Waals surface area contributed by atoms with Crippen LogP contribution in [0.3, 0.4) is 0 Å². The molecule has 0 spiro atoms. The Labute approximate surface area is 147 Å². The number of hydrogen-bond acceptors (Lipinski definition) is 5. The summed E-state index contributed by atoms with van der Waals surface area (Å²) in [7, 11) is 0. The van der Waals surface area contributed by atoms with E-state index >= 15 is 0 Å². The number of amides is 1. The van der Waals surface area contributed by atoms with E-state index < -0.39 is 6.04 Å². The fourth-order valence-corrected chi connectivity index (χ4v) is 2.80. The molecular formula is C19H23N3O3. The van der Waals surface area contributed by atoms with Gasteiger partial charge in [0.1, 0.15) is 11.9 Å². The molecule has 2 aliphatic rings. The van der Waals surface area contributed by atoms with Gasteiger partial charge in [-0.25, -0.2) is 4.98 Å². The van der Waals surface area contributed by atoms with Crippen LogP contribution < -0.4 is 15.8 Å². The van der Waals surface area contributed by atoms with E-state index in [1.54, 1.807) is 18.3 Å². The fourth-order valence-electron chi connectivity index (χ4n) is 2.80. The van der Waals surface area contributed by atoms with E-state index in [0.29, 0.717) is 18.0 Å². The Hall–Kier alpha value is -2.60. The fraction of sp³-hybridized carbons (Fsp3) is 0.368. The smallest absolute Gasteiger partial charge is 0.241 e. The summed E-state index contributed by atoms with van der Waals surface area (Å²) in [6.07, 6.45) is 9.74. The maximum Gasteiger partial charge on any atom is 0.241 e. The number of fused-ring (bicyclic) bond motifs is 1. The molecule has 1 aliphatic heterocycles. The molecule has 0 fully saturated rings. The summed E-state index contributed by atoms with van der Waals surface area (Å²) in [5, 5.41) is 2.74. The van der Waals surface area contributed by atoms with Crippen molar-refractivity contribution in [2.45, 2.75) is 45.3 Å². The highest BCUT2D eigenvalue weighted by Crippen LogP contribution is 2.36. The Kier molecular flexibility index (Phi) is 5.19. The molecule has 1 unspecified atom stereocenters. The zero-order valence-electron chi connectivity index (χ0n) is 14.5. The number of pyridine rings is 1. The Morgan fingerprint density at radius 3 is 3.00 bits per heavy atom. The molecule has 2 heterocycles. The molecule has 132 valence electrons. The minimum Gasteiger partial charge on any atom is -0.493 e. The lowest BCUT2D eigenvalue weighted by molar-refractivity contribution is -0.117. The maximum atomic E-state index is 11.8. The molecular weight excluding hydrogens is 318 g/mol. The Bertz CT molecular complexity index is 735. The van der Waals surface area contributed by atoms with Gasteiger partial charge in [0.05, 0.1) is 24.2 Å². The van der Waals surface area contributed by atoms with E-state index in [9.17, 15) is 4.79 Å². The Balaban J connectivity index is 1.72. The summed E-state index contributed by atoms with van der Waals surface area (Å²) < 4.78 is 11.6. The SMILES string of the molecule is CCC1OC=C2CC=CC(Oc3ccc(NC(=O)[C@H](N)CC)cn3)=C21. The van der Waals surface area contributed by atoms with E-state index in [4.69, 9.17) is 15.2 Å². The third kappa shape index (κ3) is 3.74. The monoisotopic (exact) mass is 341 g/mol. The second-order valence-corrected chi connectivity index (χ2v) is 6.05. The zero-order valence-corrected chi connectivity index (χ0v) is 14.5. The molecule has 0 radical (unpaired) electrons. The van der Waals surface area contributed by atoms with Crippen LogP contribution >= 0.6 is 0 Å². The number of carbonyl (C=O) groups is 1. The number of carbonyl (C=O) groups excluding carboxylic acids is 1. The summed E-state index contributed by atoms with van der Waals surface area (Å²) in [6, 6.07) is 2.96. The van der Waals surface area contributed by atoms with Gasteiger partial charge >= 0.3 is 0 Å². The molecule has 2 atom stereocenters. The van der Waals surface area contributed by atoms with Gasteiger partial charge in [0.25, 0.3) is 0 Å². The second kappa shape index (κ2) is 7.53. The molecule has 1 aromatic heterocycles. The summed E-state index contributed by atoms with van der Waals surface area (Å²) in [5.74, 6) is 1.01. The summed E-state index contributed by atoms with van der Waals surface area (Å²) in [6.45, 7) is 3.95. The first-order valence-electron chi connectivity index (χ1n) is 8.58. The highest BCUT2D eigenvalue weighted by molar-refractivity contribution is 5.94. The number of rotatable bonds is 6. The van der Waals surface area contributed by atoms with Crippen molar-refractivity contribution >= 4 is 11.6 Å². The number of allylic oxidation sites excluding steroid dienone is 2. The van der Waals surface area contributed by atoms with E-state index in [0.717, 1.165) is 29.7 Å². The van der Waals surface area contributed by atoms with Crippen molar-refractivity contribution in [3.8, 4) is 5.88 Å². The highest BCUT2D eigenvalue weighted by Gasteiger charge is 2.29. The quantitative estimate of drug-likeness (QED) is 0.830. The van der Waals surface area contributed by atoms with Gasteiger partial charge in [0.2, 0.25) is 11.8 Å². The van der Waals surface area contributed by atoms with Crippen LogP contribution in [-0.2, 0) is 9.53 Å². The molecule has 1 aromatic rings. The van der Waals surface area contributed by atoms with Crippen molar-refractivity contribution in [1.82, 2.24) is 4.98 Å². The molecule has 0 saturated heterocycles. The first kappa shape index (κ1) is 17.2. The van der Waals surface area contributed by atoms with Crippen molar-refractivity contribution in [2.24, 2.45) is 5.73 Å². The molecule has 3 rings (SSSR count).